The van der Waals surface area contributed by atoms with E-state index in [4.69, 9.17) is 11.6 Å². The van der Waals surface area contributed by atoms with Gasteiger partial charge in [-0.3, -0.25) is 9.59 Å². The van der Waals surface area contributed by atoms with Crippen molar-refractivity contribution < 1.29 is 9.59 Å². The largest absolute Gasteiger partial charge is 0.274 e. The molecule has 1 fully saturated rings. The third-order valence-electron chi connectivity index (χ3n) is 8.05. The highest BCUT2D eigenvalue weighted by Gasteiger charge is 2.70. The third kappa shape index (κ3) is 2.01. The van der Waals surface area contributed by atoms with Crippen molar-refractivity contribution in [3.8, 4) is 0 Å². The quantitative estimate of drug-likeness (QED) is 0.488. The molecule has 3 aliphatic carbocycles. The van der Waals surface area contributed by atoms with Crippen LogP contribution >= 0.6 is 11.6 Å². The van der Waals surface area contributed by atoms with Crippen LogP contribution in [0.5, 0.6) is 0 Å². The maximum absolute atomic E-state index is 14.0. The van der Waals surface area contributed by atoms with Crippen LogP contribution < -0.4 is 4.90 Å². The van der Waals surface area contributed by atoms with E-state index >= 15 is 0 Å². The van der Waals surface area contributed by atoms with Crippen molar-refractivity contribution in [2.45, 2.75) is 31.6 Å². The fourth-order valence-electron chi connectivity index (χ4n) is 6.63. The molecule has 3 aromatic rings. The summed E-state index contributed by atoms with van der Waals surface area (Å²) in [6.45, 7) is 6.19. The highest BCUT2D eigenvalue weighted by molar-refractivity contribution is 6.31. The van der Waals surface area contributed by atoms with E-state index in [0.29, 0.717) is 10.7 Å². The lowest BCUT2D eigenvalue weighted by Gasteiger charge is -2.57. The number of aryl methyl sites for hydroxylation is 1. The summed E-state index contributed by atoms with van der Waals surface area (Å²) in [5.74, 6) is -1.16. The van der Waals surface area contributed by atoms with E-state index in [1.807, 2.05) is 37.3 Å². The summed E-state index contributed by atoms with van der Waals surface area (Å²) in [6, 6.07) is 22.0. The fourth-order valence-corrected chi connectivity index (χ4v) is 6.80. The molecule has 0 aromatic heterocycles. The minimum Gasteiger partial charge on any atom is -0.274 e. The summed E-state index contributed by atoms with van der Waals surface area (Å²) >= 11 is 6.26. The normalized spacial score (nSPS) is 30.3. The molecular formula is C27H22ClNO2. The van der Waals surface area contributed by atoms with Crippen LogP contribution in [-0.2, 0) is 20.4 Å². The van der Waals surface area contributed by atoms with E-state index in [2.05, 4.69) is 38.1 Å². The van der Waals surface area contributed by atoms with Crippen LogP contribution in [0.3, 0.4) is 0 Å². The number of anilines is 1. The fraction of sp³-hybridized carbons (Fsp3) is 0.259. The number of carbonyl (C=O) groups excluding carboxylic acids is 2. The average molecular weight is 428 g/mol. The average Bonchev–Trinajstić information content (AvgIpc) is 3.05. The van der Waals surface area contributed by atoms with Crippen LogP contribution in [0.25, 0.3) is 0 Å². The number of carbonyl (C=O) groups is 2. The summed E-state index contributed by atoms with van der Waals surface area (Å²) in [5.41, 5.74) is 4.95. The molecule has 2 amide bonds. The van der Waals surface area contributed by atoms with Crippen molar-refractivity contribution in [3.63, 3.8) is 0 Å². The van der Waals surface area contributed by atoms with Gasteiger partial charge in [0.1, 0.15) is 0 Å². The number of rotatable bonds is 1. The SMILES string of the molecule is Cc1ccc(Cl)cc1N1C(=O)[C@@H]2[C@@H](C1=O)C1(C)c3ccccc3C2(C)c2ccccc21. The Morgan fingerprint density at radius 3 is 1.58 bits per heavy atom. The zero-order chi connectivity index (χ0) is 21.7. The van der Waals surface area contributed by atoms with Gasteiger partial charge in [-0.05, 0) is 46.9 Å². The molecule has 4 aliphatic rings. The number of imide groups is 1. The molecule has 3 nitrogen and oxygen atoms in total. The van der Waals surface area contributed by atoms with Gasteiger partial charge in [0.25, 0.3) is 0 Å². The van der Waals surface area contributed by atoms with Gasteiger partial charge in [-0.25, -0.2) is 4.90 Å². The molecule has 2 bridgehead atoms. The van der Waals surface area contributed by atoms with Gasteiger partial charge in [0, 0.05) is 15.9 Å². The smallest absolute Gasteiger partial charge is 0.238 e. The molecule has 0 spiro atoms. The molecule has 0 unspecified atom stereocenters. The molecule has 4 heteroatoms. The van der Waals surface area contributed by atoms with Crippen molar-refractivity contribution in [1.82, 2.24) is 0 Å². The van der Waals surface area contributed by atoms with Crippen LogP contribution in [0.4, 0.5) is 5.69 Å². The van der Waals surface area contributed by atoms with Crippen LogP contribution in [-0.4, -0.2) is 11.8 Å². The second-order valence-electron chi connectivity index (χ2n) is 9.39. The van der Waals surface area contributed by atoms with Gasteiger partial charge >= 0.3 is 0 Å². The molecule has 3 aromatic carbocycles. The minimum atomic E-state index is -0.566. The van der Waals surface area contributed by atoms with Crippen molar-refractivity contribution in [2.24, 2.45) is 11.8 Å². The van der Waals surface area contributed by atoms with Crippen LogP contribution in [0.1, 0.15) is 41.7 Å². The highest BCUT2D eigenvalue weighted by Crippen LogP contribution is 2.66. The summed E-state index contributed by atoms with van der Waals surface area (Å²) in [7, 11) is 0. The molecule has 1 aliphatic heterocycles. The number of nitrogens with zero attached hydrogens (tertiary/aromatic N) is 1. The predicted octanol–water partition coefficient (Wildman–Crippen LogP) is 5.39. The Morgan fingerprint density at radius 1 is 0.742 bits per heavy atom. The van der Waals surface area contributed by atoms with E-state index in [1.165, 1.54) is 4.90 Å². The first kappa shape index (κ1) is 18.8. The van der Waals surface area contributed by atoms with Gasteiger partial charge in [-0.15, -0.1) is 0 Å². The lowest BCUT2D eigenvalue weighted by molar-refractivity contribution is -0.124. The third-order valence-corrected chi connectivity index (χ3v) is 8.29. The van der Waals surface area contributed by atoms with Crippen molar-refractivity contribution >= 4 is 29.1 Å². The van der Waals surface area contributed by atoms with Crippen LogP contribution in [0, 0.1) is 18.8 Å². The number of amides is 2. The predicted molar refractivity (Wildman–Crippen MR) is 121 cm³/mol. The van der Waals surface area contributed by atoms with Crippen molar-refractivity contribution in [3.05, 3.63) is 99.6 Å². The van der Waals surface area contributed by atoms with Crippen LogP contribution in [0.15, 0.2) is 66.7 Å². The molecule has 154 valence electrons. The monoisotopic (exact) mass is 427 g/mol. The van der Waals surface area contributed by atoms with Crippen molar-refractivity contribution in [2.75, 3.05) is 4.90 Å². The van der Waals surface area contributed by atoms with Gasteiger partial charge in [-0.1, -0.05) is 80.0 Å². The van der Waals surface area contributed by atoms with Gasteiger partial charge in [0.15, 0.2) is 0 Å². The van der Waals surface area contributed by atoms with E-state index in [-0.39, 0.29) is 11.8 Å². The first-order chi connectivity index (χ1) is 14.8. The Balaban J connectivity index is 1.67. The van der Waals surface area contributed by atoms with E-state index in [9.17, 15) is 9.59 Å². The molecule has 7 rings (SSSR count). The Morgan fingerprint density at radius 2 is 1.16 bits per heavy atom. The number of hydrogen-bond acceptors (Lipinski definition) is 2. The zero-order valence-corrected chi connectivity index (χ0v) is 18.4. The Kier molecular flexibility index (Phi) is 3.56. The lowest BCUT2D eigenvalue weighted by atomic mass is 9.42. The van der Waals surface area contributed by atoms with Gasteiger partial charge in [0.2, 0.25) is 11.8 Å². The second kappa shape index (κ2) is 5.86. The second-order valence-corrected chi connectivity index (χ2v) is 9.83. The summed E-state index contributed by atoms with van der Waals surface area (Å²) in [6.07, 6.45) is 0. The molecular weight excluding hydrogens is 406 g/mol. The molecule has 1 heterocycles. The standard InChI is InChI=1S/C27H22ClNO2/c1-15-12-13-16(28)14-21(15)29-24(30)22-23(25(29)31)27(3)19-10-6-4-8-17(19)26(22,2)18-9-5-7-11-20(18)27/h4-14,22-23H,1-3H3/t22-,23-,26?,27?/m0/s1. The first-order valence-electron chi connectivity index (χ1n) is 10.6. The number of benzene rings is 3. The maximum atomic E-state index is 14.0. The Labute approximate surface area is 186 Å². The topological polar surface area (TPSA) is 37.4 Å². The van der Waals surface area contributed by atoms with Crippen molar-refractivity contribution in [1.29, 1.82) is 0 Å². The summed E-state index contributed by atoms with van der Waals surface area (Å²) in [4.78, 5) is 29.5. The Bertz CT molecular complexity index is 1190. The summed E-state index contributed by atoms with van der Waals surface area (Å²) < 4.78 is 0. The molecule has 0 radical (unpaired) electrons. The van der Waals surface area contributed by atoms with Crippen LogP contribution in [0.2, 0.25) is 5.02 Å². The number of hydrogen-bond donors (Lipinski definition) is 0. The van der Waals surface area contributed by atoms with E-state index < -0.39 is 22.7 Å². The minimum absolute atomic E-state index is 0.127. The maximum Gasteiger partial charge on any atom is 0.238 e. The molecule has 31 heavy (non-hydrogen) atoms. The zero-order valence-electron chi connectivity index (χ0n) is 17.6. The lowest BCUT2D eigenvalue weighted by Crippen LogP contribution is -2.59. The molecule has 0 N–H and O–H groups in total. The highest BCUT2D eigenvalue weighted by atomic mass is 35.5. The van der Waals surface area contributed by atoms with Gasteiger partial charge in [0.05, 0.1) is 17.5 Å². The van der Waals surface area contributed by atoms with Gasteiger partial charge in [-0.2, -0.15) is 0 Å². The number of halogens is 1. The molecule has 2 atom stereocenters. The van der Waals surface area contributed by atoms with E-state index in [1.54, 1.807) is 12.1 Å². The Hall–Kier alpha value is -2.91. The molecule has 0 saturated carbocycles. The van der Waals surface area contributed by atoms with E-state index in [0.717, 1.165) is 27.8 Å². The summed E-state index contributed by atoms with van der Waals surface area (Å²) in [5, 5.41) is 0.517. The van der Waals surface area contributed by atoms with Gasteiger partial charge < -0.3 is 0 Å². The first-order valence-corrected chi connectivity index (χ1v) is 11.0. The molecule has 1 saturated heterocycles.